The summed E-state index contributed by atoms with van der Waals surface area (Å²) in [5, 5.41) is 0. The van der Waals surface area contributed by atoms with Crippen molar-refractivity contribution in [2.75, 3.05) is 0 Å². The second kappa shape index (κ2) is 4.49. The molecule has 2 aromatic rings. The van der Waals surface area contributed by atoms with Gasteiger partial charge in [0.1, 0.15) is 22.8 Å². The van der Waals surface area contributed by atoms with Crippen molar-refractivity contribution in [3.8, 4) is 5.75 Å². The van der Waals surface area contributed by atoms with Crippen molar-refractivity contribution in [2.24, 2.45) is 0 Å². The fourth-order valence-electron chi connectivity index (χ4n) is 1.27. The molecule has 0 aliphatic carbocycles. The van der Waals surface area contributed by atoms with Crippen LogP contribution in [-0.2, 0) is 6.61 Å². The Morgan fingerprint density at radius 3 is 3.00 bits per heavy atom. The molecule has 1 N–H and O–H groups in total. The maximum absolute atomic E-state index is 5.57. The van der Waals surface area contributed by atoms with Crippen molar-refractivity contribution >= 4 is 15.9 Å². The van der Waals surface area contributed by atoms with Crippen LogP contribution in [0.25, 0.3) is 0 Å². The van der Waals surface area contributed by atoms with Crippen LogP contribution in [0.1, 0.15) is 11.4 Å². The van der Waals surface area contributed by atoms with Crippen LogP contribution < -0.4 is 4.74 Å². The van der Waals surface area contributed by atoms with E-state index in [9.17, 15) is 0 Å². The maximum atomic E-state index is 5.57. The highest BCUT2D eigenvalue weighted by atomic mass is 79.9. The molecule has 0 bridgehead atoms. The van der Waals surface area contributed by atoms with Gasteiger partial charge in [-0.3, -0.25) is 0 Å². The van der Waals surface area contributed by atoms with Gasteiger partial charge in [-0.2, -0.15) is 0 Å². The highest BCUT2D eigenvalue weighted by Gasteiger charge is 1.99. The lowest BCUT2D eigenvalue weighted by atomic mass is 10.2. The lowest BCUT2D eigenvalue weighted by molar-refractivity contribution is 0.297. The van der Waals surface area contributed by atoms with Crippen LogP contribution in [0, 0.1) is 6.92 Å². The topological polar surface area (TPSA) is 37.9 Å². The summed E-state index contributed by atoms with van der Waals surface area (Å²) in [6.07, 6.45) is 1.72. The van der Waals surface area contributed by atoms with Crippen molar-refractivity contribution in [2.45, 2.75) is 13.5 Å². The predicted molar refractivity (Wildman–Crippen MR) is 61.8 cm³/mol. The molecule has 0 saturated carbocycles. The first-order valence-electron chi connectivity index (χ1n) is 4.63. The van der Waals surface area contributed by atoms with Crippen molar-refractivity contribution in [1.82, 2.24) is 9.97 Å². The predicted octanol–water partition coefficient (Wildman–Crippen LogP) is 3.06. The van der Waals surface area contributed by atoms with Crippen LogP contribution in [0.3, 0.4) is 0 Å². The number of ether oxygens (including phenoxy) is 1. The van der Waals surface area contributed by atoms with Crippen molar-refractivity contribution in [3.05, 3.63) is 46.5 Å². The first-order valence-corrected chi connectivity index (χ1v) is 5.42. The first-order chi connectivity index (χ1) is 7.24. The maximum Gasteiger partial charge on any atom is 0.146 e. The summed E-state index contributed by atoms with van der Waals surface area (Å²) >= 11 is 3.30. The molecule has 78 valence electrons. The highest BCUT2D eigenvalue weighted by Crippen LogP contribution is 2.14. The molecule has 1 aromatic heterocycles. The van der Waals surface area contributed by atoms with Gasteiger partial charge in [-0.1, -0.05) is 12.1 Å². The molecule has 0 unspecified atom stereocenters. The Kier molecular flexibility index (Phi) is 3.06. The average Bonchev–Trinajstić information content (AvgIpc) is 2.62. The van der Waals surface area contributed by atoms with Gasteiger partial charge in [0.2, 0.25) is 0 Å². The summed E-state index contributed by atoms with van der Waals surface area (Å²) in [6.45, 7) is 2.49. The summed E-state index contributed by atoms with van der Waals surface area (Å²) in [7, 11) is 0. The second-order valence-electron chi connectivity index (χ2n) is 3.28. The van der Waals surface area contributed by atoms with Crippen LogP contribution in [0.4, 0.5) is 0 Å². The van der Waals surface area contributed by atoms with E-state index in [-0.39, 0.29) is 0 Å². The molecule has 0 saturated heterocycles. The molecule has 15 heavy (non-hydrogen) atoms. The number of H-pyrrole nitrogens is 1. The van der Waals surface area contributed by atoms with Crippen LogP contribution in [-0.4, -0.2) is 9.97 Å². The monoisotopic (exact) mass is 266 g/mol. The summed E-state index contributed by atoms with van der Waals surface area (Å²) < 4.78 is 6.44. The summed E-state index contributed by atoms with van der Waals surface area (Å²) in [6, 6.07) is 7.95. The highest BCUT2D eigenvalue weighted by molar-refractivity contribution is 9.10. The zero-order chi connectivity index (χ0) is 10.7. The zero-order valence-electron chi connectivity index (χ0n) is 8.33. The minimum atomic E-state index is 0.453. The van der Waals surface area contributed by atoms with E-state index < -0.39 is 0 Å². The molecular formula is C11H11BrN2O. The van der Waals surface area contributed by atoms with E-state index >= 15 is 0 Å². The minimum Gasteiger partial charge on any atom is -0.486 e. The van der Waals surface area contributed by atoms with Gasteiger partial charge in [-0.25, -0.2) is 4.98 Å². The molecule has 1 heterocycles. The molecular weight excluding hydrogens is 256 g/mol. The Morgan fingerprint density at radius 1 is 1.47 bits per heavy atom. The number of aromatic amines is 1. The van der Waals surface area contributed by atoms with Crippen LogP contribution in [0.15, 0.2) is 35.1 Å². The van der Waals surface area contributed by atoms with E-state index in [4.69, 9.17) is 4.74 Å². The van der Waals surface area contributed by atoms with Crippen LogP contribution in [0.5, 0.6) is 5.75 Å². The van der Waals surface area contributed by atoms with Crippen molar-refractivity contribution in [1.29, 1.82) is 0 Å². The molecule has 0 aliphatic rings. The lowest BCUT2D eigenvalue weighted by Crippen LogP contribution is -1.97. The number of rotatable bonds is 3. The number of halogens is 1. The fraction of sp³-hybridized carbons (Fsp3) is 0.182. The SMILES string of the molecule is Cc1cccc(OCc2ncc(Br)[nH]2)c1. The van der Waals surface area contributed by atoms with Gasteiger partial charge in [0.15, 0.2) is 0 Å². The van der Waals surface area contributed by atoms with Gasteiger partial charge in [0.05, 0.1) is 6.20 Å². The van der Waals surface area contributed by atoms with Crippen molar-refractivity contribution < 1.29 is 4.74 Å². The first kappa shape index (κ1) is 10.2. The van der Waals surface area contributed by atoms with E-state index in [1.165, 1.54) is 5.56 Å². The average molecular weight is 267 g/mol. The molecule has 4 heteroatoms. The fourth-order valence-corrected chi connectivity index (χ4v) is 1.60. The van der Waals surface area contributed by atoms with Crippen molar-refractivity contribution in [3.63, 3.8) is 0 Å². The van der Waals surface area contributed by atoms with E-state index in [1.54, 1.807) is 6.20 Å². The Morgan fingerprint density at radius 2 is 2.33 bits per heavy atom. The summed E-state index contributed by atoms with van der Waals surface area (Å²) in [4.78, 5) is 7.17. The molecule has 3 nitrogen and oxygen atoms in total. The summed E-state index contributed by atoms with van der Waals surface area (Å²) in [5.74, 6) is 1.67. The number of hydrogen-bond acceptors (Lipinski definition) is 2. The number of hydrogen-bond donors (Lipinski definition) is 1. The number of aryl methyl sites for hydroxylation is 1. The summed E-state index contributed by atoms with van der Waals surface area (Å²) in [5.41, 5.74) is 1.19. The van der Waals surface area contributed by atoms with Crippen LogP contribution >= 0.6 is 15.9 Å². The van der Waals surface area contributed by atoms with E-state index in [2.05, 4.69) is 25.9 Å². The molecule has 1 aromatic carbocycles. The van der Waals surface area contributed by atoms with E-state index in [1.807, 2.05) is 31.2 Å². The quantitative estimate of drug-likeness (QED) is 0.928. The largest absolute Gasteiger partial charge is 0.486 e. The number of imidazole rings is 1. The van der Waals surface area contributed by atoms with Gasteiger partial charge in [0, 0.05) is 0 Å². The molecule has 0 spiro atoms. The van der Waals surface area contributed by atoms with Gasteiger partial charge >= 0.3 is 0 Å². The Hall–Kier alpha value is -1.29. The molecule has 0 atom stereocenters. The third kappa shape index (κ3) is 2.83. The van der Waals surface area contributed by atoms with Gasteiger partial charge < -0.3 is 9.72 Å². The van der Waals surface area contributed by atoms with E-state index in [0.717, 1.165) is 16.2 Å². The third-order valence-corrected chi connectivity index (χ3v) is 2.37. The van der Waals surface area contributed by atoms with Crippen LogP contribution in [0.2, 0.25) is 0 Å². The Labute approximate surface area is 96.6 Å². The zero-order valence-corrected chi connectivity index (χ0v) is 9.91. The second-order valence-corrected chi connectivity index (χ2v) is 4.14. The number of benzene rings is 1. The number of nitrogens with zero attached hydrogens (tertiary/aromatic N) is 1. The molecule has 2 rings (SSSR count). The smallest absolute Gasteiger partial charge is 0.146 e. The van der Waals surface area contributed by atoms with Gasteiger partial charge in [-0.05, 0) is 40.5 Å². The van der Waals surface area contributed by atoms with E-state index in [0.29, 0.717) is 6.61 Å². The van der Waals surface area contributed by atoms with Gasteiger partial charge in [0.25, 0.3) is 0 Å². The Bertz CT molecular complexity index is 453. The number of nitrogens with one attached hydrogen (secondary N) is 1. The minimum absolute atomic E-state index is 0.453. The third-order valence-electron chi connectivity index (χ3n) is 1.96. The normalized spacial score (nSPS) is 10.3. The molecule has 0 amide bonds. The van der Waals surface area contributed by atoms with Gasteiger partial charge in [-0.15, -0.1) is 0 Å². The molecule has 0 aliphatic heterocycles. The lowest BCUT2D eigenvalue weighted by Gasteiger charge is -2.04. The Balaban J connectivity index is 1.99. The molecule has 0 fully saturated rings. The standard InChI is InChI=1S/C11H11BrN2O/c1-8-3-2-4-9(5-8)15-7-11-13-6-10(12)14-11/h2-6H,7H2,1H3,(H,13,14). The molecule has 0 radical (unpaired) electrons. The number of aromatic nitrogens is 2.